The first-order valence-electron chi connectivity index (χ1n) is 7.63. The van der Waals surface area contributed by atoms with E-state index in [-0.39, 0.29) is 12.5 Å². The Bertz CT molecular complexity index is 1040. The number of nitrogens with zero attached hydrogens (tertiary/aromatic N) is 2. The maximum atomic E-state index is 12.3. The predicted molar refractivity (Wildman–Crippen MR) is 97.1 cm³/mol. The van der Waals surface area contributed by atoms with Crippen molar-refractivity contribution in [3.05, 3.63) is 66.1 Å². The van der Waals surface area contributed by atoms with Crippen LogP contribution in [0.25, 0.3) is 21.7 Å². The molecule has 0 saturated heterocycles. The van der Waals surface area contributed by atoms with E-state index in [2.05, 4.69) is 15.3 Å². The second-order valence-electron chi connectivity index (χ2n) is 5.43. The number of aromatic nitrogens is 2. The lowest BCUT2D eigenvalue weighted by molar-refractivity contribution is 0.0950. The Morgan fingerprint density at radius 3 is 2.84 bits per heavy atom. The number of thiazole rings is 1. The van der Waals surface area contributed by atoms with E-state index in [1.807, 2.05) is 36.4 Å². The molecule has 7 heteroatoms. The van der Waals surface area contributed by atoms with Crippen LogP contribution in [0.5, 0.6) is 0 Å². The second kappa shape index (κ2) is 6.37. The minimum Gasteiger partial charge on any atom is -0.444 e. The minimum absolute atomic E-state index is 0.197. The molecule has 124 valence electrons. The van der Waals surface area contributed by atoms with Crippen molar-refractivity contribution >= 4 is 32.6 Å². The van der Waals surface area contributed by atoms with Crippen LogP contribution >= 0.6 is 11.3 Å². The van der Waals surface area contributed by atoms with Crippen LogP contribution in [0.1, 0.15) is 16.1 Å². The SMILES string of the molecule is Nc1nc2cc(C(=O)NCc3coc(-c4ccccc4)n3)ccc2s1. The van der Waals surface area contributed by atoms with Gasteiger partial charge in [-0.1, -0.05) is 29.5 Å². The molecule has 0 aliphatic carbocycles. The molecule has 4 rings (SSSR count). The zero-order valence-electron chi connectivity index (χ0n) is 13.1. The van der Waals surface area contributed by atoms with E-state index < -0.39 is 0 Å². The number of anilines is 1. The molecule has 3 N–H and O–H groups in total. The van der Waals surface area contributed by atoms with Crippen molar-refractivity contribution in [1.82, 2.24) is 15.3 Å². The zero-order valence-corrected chi connectivity index (χ0v) is 13.9. The van der Waals surface area contributed by atoms with Gasteiger partial charge in [-0.25, -0.2) is 9.97 Å². The number of fused-ring (bicyclic) bond motifs is 1. The van der Waals surface area contributed by atoms with Crippen molar-refractivity contribution in [3.8, 4) is 11.5 Å². The zero-order chi connectivity index (χ0) is 17.2. The van der Waals surface area contributed by atoms with Gasteiger partial charge in [-0.3, -0.25) is 4.79 Å². The Balaban J connectivity index is 1.45. The fraction of sp³-hybridized carbons (Fsp3) is 0.0556. The van der Waals surface area contributed by atoms with Gasteiger partial charge in [0.25, 0.3) is 5.91 Å². The normalized spacial score (nSPS) is 10.9. The average molecular weight is 350 g/mol. The molecule has 0 radical (unpaired) electrons. The summed E-state index contributed by atoms with van der Waals surface area (Å²) in [6.45, 7) is 0.284. The summed E-state index contributed by atoms with van der Waals surface area (Å²) in [5.74, 6) is 0.335. The van der Waals surface area contributed by atoms with Crippen LogP contribution in [0, 0.1) is 0 Å². The van der Waals surface area contributed by atoms with Gasteiger partial charge in [0.05, 0.1) is 22.5 Å². The third kappa shape index (κ3) is 3.22. The highest BCUT2D eigenvalue weighted by molar-refractivity contribution is 7.22. The van der Waals surface area contributed by atoms with Gasteiger partial charge in [0, 0.05) is 11.1 Å². The monoisotopic (exact) mass is 350 g/mol. The van der Waals surface area contributed by atoms with Crippen molar-refractivity contribution in [1.29, 1.82) is 0 Å². The Hall–Kier alpha value is -3.19. The molecule has 0 aliphatic rings. The molecule has 6 nitrogen and oxygen atoms in total. The fourth-order valence-corrected chi connectivity index (χ4v) is 3.18. The molecule has 0 atom stereocenters. The van der Waals surface area contributed by atoms with Gasteiger partial charge in [-0.05, 0) is 30.3 Å². The van der Waals surface area contributed by atoms with Crippen LogP contribution in [-0.4, -0.2) is 15.9 Å². The Labute approximate surface area is 147 Å². The summed E-state index contributed by atoms with van der Waals surface area (Å²) in [6.07, 6.45) is 1.55. The minimum atomic E-state index is -0.197. The smallest absolute Gasteiger partial charge is 0.251 e. The number of carbonyl (C=O) groups is 1. The van der Waals surface area contributed by atoms with E-state index >= 15 is 0 Å². The van der Waals surface area contributed by atoms with E-state index in [0.29, 0.717) is 22.3 Å². The number of hydrogen-bond acceptors (Lipinski definition) is 6. The van der Waals surface area contributed by atoms with Gasteiger partial charge >= 0.3 is 0 Å². The average Bonchev–Trinajstić information content (AvgIpc) is 3.25. The van der Waals surface area contributed by atoms with Gasteiger partial charge < -0.3 is 15.5 Å². The lowest BCUT2D eigenvalue weighted by Gasteiger charge is -2.02. The molecular weight excluding hydrogens is 336 g/mol. The summed E-state index contributed by atoms with van der Waals surface area (Å²) in [5.41, 5.74) is 8.50. The van der Waals surface area contributed by atoms with Crippen molar-refractivity contribution in [2.24, 2.45) is 0 Å². The maximum absolute atomic E-state index is 12.3. The lowest BCUT2D eigenvalue weighted by atomic mass is 10.2. The van der Waals surface area contributed by atoms with Crippen molar-refractivity contribution in [2.75, 3.05) is 5.73 Å². The number of oxazole rings is 1. The number of rotatable bonds is 4. The van der Waals surface area contributed by atoms with Crippen molar-refractivity contribution in [2.45, 2.75) is 6.54 Å². The Morgan fingerprint density at radius 1 is 1.16 bits per heavy atom. The number of nitrogen functional groups attached to an aromatic ring is 1. The topological polar surface area (TPSA) is 94.0 Å². The highest BCUT2D eigenvalue weighted by Gasteiger charge is 2.11. The van der Waals surface area contributed by atoms with Gasteiger partial charge in [-0.2, -0.15) is 0 Å². The summed E-state index contributed by atoms with van der Waals surface area (Å²) in [5, 5.41) is 3.32. The molecule has 0 unspecified atom stereocenters. The fourth-order valence-electron chi connectivity index (χ4n) is 2.46. The number of nitrogens with one attached hydrogen (secondary N) is 1. The molecular formula is C18H14N4O2S. The van der Waals surface area contributed by atoms with Crippen molar-refractivity contribution in [3.63, 3.8) is 0 Å². The first-order chi connectivity index (χ1) is 12.2. The van der Waals surface area contributed by atoms with E-state index in [0.717, 1.165) is 15.8 Å². The summed E-state index contributed by atoms with van der Waals surface area (Å²) in [6, 6.07) is 14.9. The molecule has 0 saturated carbocycles. The Kier molecular flexibility index (Phi) is 3.91. The van der Waals surface area contributed by atoms with Gasteiger partial charge in [0.2, 0.25) is 5.89 Å². The number of amides is 1. The molecule has 4 aromatic rings. The molecule has 0 bridgehead atoms. The number of nitrogens with two attached hydrogens (primary N) is 1. The molecule has 2 aromatic heterocycles. The highest BCUT2D eigenvalue weighted by atomic mass is 32.1. The van der Waals surface area contributed by atoms with E-state index in [9.17, 15) is 4.79 Å². The third-order valence-corrected chi connectivity index (χ3v) is 4.53. The van der Waals surface area contributed by atoms with Gasteiger partial charge in [-0.15, -0.1) is 0 Å². The Morgan fingerprint density at radius 2 is 2.00 bits per heavy atom. The van der Waals surface area contributed by atoms with Gasteiger partial charge in [0.1, 0.15) is 6.26 Å². The first-order valence-corrected chi connectivity index (χ1v) is 8.45. The largest absolute Gasteiger partial charge is 0.444 e. The molecule has 2 heterocycles. The summed E-state index contributed by atoms with van der Waals surface area (Å²) < 4.78 is 6.42. The lowest BCUT2D eigenvalue weighted by Crippen LogP contribution is -2.22. The summed E-state index contributed by atoms with van der Waals surface area (Å²) in [4.78, 5) is 20.9. The molecule has 2 aromatic carbocycles. The quantitative estimate of drug-likeness (QED) is 0.588. The first kappa shape index (κ1) is 15.3. The molecule has 1 amide bonds. The van der Waals surface area contributed by atoms with Crippen LogP contribution in [0.15, 0.2) is 59.2 Å². The van der Waals surface area contributed by atoms with Crippen LogP contribution in [-0.2, 0) is 6.54 Å². The number of hydrogen-bond donors (Lipinski definition) is 2. The van der Waals surface area contributed by atoms with Crippen LogP contribution < -0.4 is 11.1 Å². The third-order valence-electron chi connectivity index (χ3n) is 3.67. The molecule has 0 spiro atoms. The summed E-state index contributed by atoms with van der Waals surface area (Å²) in [7, 11) is 0. The van der Waals surface area contributed by atoms with Crippen LogP contribution in [0.4, 0.5) is 5.13 Å². The second-order valence-corrected chi connectivity index (χ2v) is 6.49. The van der Waals surface area contributed by atoms with Gasteiger partial charge in [0.15, 0.2) is 5.13 Å². The predicted octanol–water partition coefficient (Wildman–Crippen LogP) is 3.46. The molecule has 25 heavy (non-hydrogen) atoms. The van der Waals surface area contributed by atoms with Crippen molar-refractivity contribution < 1.29 is 9.21 Å². The van der Waals surface area contributed by atoms with E-state index in [1.54, 1.807) is 18.4 Å². The molecule has 0 fully saturated rings. The highest BCUT2D eigenvalue weighted by Crippen LogP contribution is 2.24. The summed E-state index contributed by atoms with van der Waals surface area (Å²) >= 11 is 1.40. The number of carbonyl (C=O) groups excluding carboxylic acids is 1. The standard InChI is InChI=1S/C18H14N4O2S/c19-18-22-14-8-12(6-7-15(14)25-18)16(23)20-9-13-10-24-17(21-13)11-4-2-1-3-5-11/h1-8,10H,9H2,(H2,19,22)(H,20,23). The van der Waals surface area contributed by atoms with E-state index in [4.69, 9.17) is 10.2 Å². The molecule has 0 aliphatic heterocycles. The van der Waals surface area contributed by atoms with E-state index in [1.165, 1.54) is 11.3 Å². The number of benzene rings is 2. The van der Waals surface area contributed by atoms with Crippen LogP contribution in [0.3, 0.4) is 0 Å². The maximum Gasteiger partial charge on any atom is 0.251 e. The van der Waals surface area contributed by atoms with Crippen LogP contribution in [0.2, 0.25) is 0 Å².